The number of carbonyl (C=O) groups excluding carboxylic acids is 8. The molecule has 6 atom stereocenters. The van der Waals surface area contributed by atoms with Gasteiger partial charge in [0.2, 0.25) is 47.3 Å². The van der Waals surface area contributed by atoms with E-state index in [1.165, 1.54) is 38.4 Å². The molecule has 1 aliphatic heterocycles. The summed E-state index contributed by atoms with van der Waals surface area (Å²) in [6.45, 7) is 3.27. The zero-order chi connectivity index (χ0) is 53.5. The van der Waals surface area contributed by atoms with Gasteiger partial charge in [0.15, 0.2) is 5.96 Å². The predicted molar refractivity (Wildman–Crippen MR) is 275 cm³/mol. The Morgan fingerprint density at radius 2 is 1.54 bits per heavy atom. The molecule has 3 rings (SSSR count). The minimum absolute atomic E-state index is 0.0266. The molecule has 398 valence electrons. The quantitative estimate of drug-likeness (QED) is 0.0140. The second-order valence-corrected chi connectivity index (χ2v) is 20.5. The Morgan fingerprint density at radius 1 is 0.861 bits per heavy atom. The standard InChI is InChI=1S/C45H68N12O12S3/c1-25(2)19-34(56(3)36(59)13-17-71-72-18-14-37(60)61)43(68)53-29(11-6-7-15-49-45(47)48)40(65)51-23-35(58)52-30(21-38(62)63)41(66)54-31(20-26-22-50-28-10-5-4-9-27(26)28)44(69)57-16-8-12-33(57)42(67)55-32(24-70)39(46)64/h4-5,9-10,22,25,29-34,50,70H,6-8,11-21,23-24H2,1-3H3,(H2,46,64)(H,51,65)(H,52,58)(H,53,68)(H,54,66)(H,55,67)(H,60,61)(H,62,63)(H4,47,48,49)/t29-,30-,31-,32-,33-,34-/m0/s1. The van der Waals surface area contributed by atoms with E-state index >= 15 is 0 Å². The normalized spacial score (nSPS) is 15.3. The first-order valence-corrected chi connectivity index (χ1v) is 26.5. The highest BCUT2D eigenvalue weighted by molar-refractivity contribution is 8.76. The summed E-state index contributed by atoms with van der Waals surface area (Å²) in [6.07, 6.45) is 2.26. The Bertz CT molecular complexity index is 2260. The van der Waals surface area contributed by atoms with Crippen molar-refractivity contribution in [2.75, 3.05) is 43.9 Å². The molecule has 1 fully saturated rings. The van der Waals surface area contributed by atoms with Crippen LogP contribution in [0.5, 0.6) is 0 Å². The lowest BCUT2D eigenvalue weighted by atomic mass is 10.0. The Morgan fingerprint density at radius 3 is 2.18 bits per heavy atom. The molecule has 0 radical (unpaired) electrons. The van der Waals surface area contributed by atoms with E-state index in [1.54, 1.807) is 30.5 Å². The van der Waals surface area contributed by atoms with Crippen LogP contribution in [0.15, 0.2) is 35.5 Å². The number of para-hydroxylation sites is 1. The van der Waals surface area contributed by atoms with Crippen LogP contribution in [0.1, 0.15) is 77.2 Å². The van der Waals surface area contributed by atoms with Crippen molar-refractivity contribution in [1.29, 1.82) is 0 Å². The predicted octanol–water partition coefficient (Wildman–Crippen LogP) is -0.790. The first kappa shape index (κ1) is 60.1. The van der Waals surface area contributed by atoms with Crippen molar-refractivity contribution in [3.63, 3.8) is 0 Å². The van der Waals surface area contributed by atoms with E-state index in [2.05, 4.69) is 49.2 Å². The number of nitrogens with two attached hydrogens (primary N) is 3. The summed E-state index contributed by atoms with van der Waals surface area (Å²) in [5, 5.41) is 32.0. The first-order chi connectivity index (χ1) is 34.1. The summed E-state index contributed by atoms with van der Waals surface area (Å²) in [5.74, 6) is -8.02. The molecule has 1 aliphatic rings. The molecule has 0 bridgehead atoms. The van der Waals surface area contributed by atoms with Crippen molar-refractivity contribution in [2.24, 2.45) is 28.1 Å². The van der Waals surface area contributed by atoms with Gasteiger partial charge in [0.25, 0.3) is 0 Å². The number of carboxylic acids is 2. The number of amides is 8. The first-order valence-electron chi connectivity index (χ1n) is 23.4. The van der Waals surface area contributed by atoms with Crippen molar-refractivity contribution in [1.82, 2.24) is 41.4 Å². The number of unbranched alkanes of at least 4 members (excludes halogenated alkanes) is 1. The average Bonchev–Trinajstić information content (AvgIpc) is 3.98. The number of guanidine groups is 1. The van der Waals surface area contributed by atoms with Crippen LogP contribution in [0, 0.1) is 5.92 Å². The second-order valence-electron chi connectivity index (χ2n) is 17.4. The van der Waals surface area contributed by atoms with Gasteiger partial charge in [0, 0.05) is 67.3 Å². The van der Waals surface area contributed by atoms with E-state index in [0.29, 0.717) is 36.3 Å². The number of rotatable bonds is 32. The smallest absolute Gasteiger partial charge is 0.305 e. The van der Waals surface area contributed by atoms with Crippen molar-refractivity contribution in [2.45, 2.75) is 114 Å². The molecule has 24 nitrogen and oxygen atoms in total. The van der Waals surface area contributed by atoms with Gasteiger partial charge in [-0.05, 0) is 56.1 Å². The van der Waals surface area contributed by atoms with Gasteiger partial charge >= 0.3 is 11.9 Å². The Balaban J connectivity index is 1.80. The molecule has 8 amide bonds. The molecule has 14 N–H and O–H groups in total. The highest BCUT2D eigenvalue weighted by Gasteiger charge is 2.40. The molecule has 1 aromatic carbocycles. The van der Waals surface area contributed by atoms with E-state index in [9.17, 15) is 53.1 Å². The number of aliphatic imine (C=N–C) groups is 1. The van der Waals surface area contributed by atoms with Gasteiger partial charge in [-0.1, -0.05) is 53.6 Å². The summed E-state index contributed by atoms with van der Waals surface area (Å²) in [5.41, 5.74) is 17.6. The molecular formula is C45H68N12O12S3. The number of carbonyl (C=O) groups is 10. The second kappa shape index (κ2) is 30.6. The molecule has 2 aromatic rings. The number of H-pyrrole nitrogens is 1. The van der Waals surface area contributed by atoms with Crippen molar-refractivity contribution < 1.29 is 58.2 Å². The molecule has 0 spiro atoms. The molecule has 0 saturated carbocycles. The summed E-state index contributed by atoms with van der Waals surface area (Å²) >= 11 is 4.08. The van der Waals surface area contributed by atoms with Crippen LogP contribution in [-0.4, -0.2) is 170 Å². The minimum Gasteiger partial charge on any atom is -0.481 e. The fourth-order valence-electron chi connectivity index (χ4n) is 7.71. The maximum atomic E-state index is 14.4. The van der Waals surface area contributed by atoms with Crippen LogP contribution in [-0.2, 0) is 54.4 Å². The van der Waals surface area contributed by atoms with Crippen LogP contribution in [0.3, 0.4) is 0 Å². The minimum atomic E-state index is -1.77. The number of likely N-dealkylation sites (tertiary alicyclic amines) is 1. The SMILES string of the molecule is CC(C)C[C@@H](C(=O)N[C@@H](CCCCN=C(N)N)C(=O)NCC(=O)N[C@@H](CC(=O)O)C(=O)N[C@@H](Cc1c[nH]c2ccccc12)C(=O)N1CCC[C@H]1C(=O)N[C@@H](CS)C(N)=O)N(C)C(=O)CCSSCCC(=O)O. The van der Waals surface area contributed by atoms with Gasteiger partial charge in [-0.25, -0.2) is 0 Å². The lowest BCUT2D eigenvalue weighted by Gasteiger charge is -2.30. The maximum Gasteiger partial charge on any atom is 0.305 e. The number of nitrogens with zero attached hydrogens (tertiary/aromatic N) is 3. The number of hydrogen-bond acceptors (Lipinski definition) is 14. The van der Waals surface area contributed by atoms with Crippen molar-refractivity contribution in [3.8, 4) is 0 Å². The molecule has 2 heterocycles. The summed E-state index contributed by atoms with van der Waals surface area (Å²) in [4.78, 5) is 141. The third-order valence-electron chi connectivity index (χ3n) is 11.4. The zero-order valence-electron chi connectivity index (χ0n) is 40.6. The van der Waals surface area contributed by atoms with Gasteiger partial charge in [-0.15, -0.1) is 0 Å². The van der Waals surface area contributed by atoms with Crippen LogP contribution in [0.2, 0.25) is 0 Å². The van der Waals surface area contributed by atoms with Crippen molar-refractivity contribution in [3.05, 3.63) is 36.0 Å². The average molecular weight is 1070 g/mol. The number of carboxylic acid groups (broad SMARTS) is 2. The number of fused-ring (bicyclic) bond motifs is 1. The number of benzene rings is 1. The summed E-state index contributed by atoms with van der Waals surface area (Å²) in [6, 6.07) is -0.394. The molecule has 72 heavy (non-hydrogen) atoms. The van der Waals surface area contributed by atoms with Gasteiger partial charge < -0.3 is 68.8 Å². The van der Waals surface area contributed by atoms with E-state index in [0.717, 1.165) is 10.9 Å². The van der Waals surface area contributed by atoms with Gasteiger partial charge in [0.05, 0.1) is 19.4 Å². The van der Waals surface area contributed by atoms with Crippen LogP contribution >= 0.6 is 34.2 Å². The van der Waals surface area contributed by atoms with Crippen LogP contribution in [0.4, 0.5) is 0 Å². The van der Waals surface area contributed by atoms with E-state index in [-0.39, 0.29) is 75.2 Å². The maximum absolute atomic E-state index is 14.4. The molecule has 27 heteroatoms. The van der Waals surface area contributed by atoms with Crippen molar-refractivity contribution >= 4 is 110 Å². The third-order valence-corrected chi connectivity index (χ3v) is 14.2. The Kier molecular flexibility index (Phi) is 25.5. The molecule has 0 unspecified atom stereocenters. The summed E-state index contributed by atoms with van der Waals surface area (Å²) in [7, 11) is 4.13. The summed E-state index contributed by atoms with van der Waals surface area (Å²) < 4.78 is 0. The largest absolute Gasteiger partial charge is 0.481 e. The molecule has 1 saturated heterocycles. The van der Waals surface area contributed by atoms with Gasteiger partial charge in [0.1, 0.15) is 36.3 Å². The highest BCUT2D eigenvalue weighted by atomic mass is 33.1. The lowest BCUT2D eigenvalue weighted by molar-refractivity contribution is -0.143. The number of aliphatic carboxylic acids is 2. The molecular weight excluding hydrogens is 997 g/mol. The lowest BCUT2D eigenvalue weighted by Crippen LogP contribution is -2.59. The number of primary amides is 1. The Hall–Kier alpha value is -6.22. The fourth-order valence-corrected chi connectivity index (χ4v) is 9.94. The number of nitrogens with one attached hydrogen (secondary N) is 6. The highest BCUT2D eigenvalue weighted by Crippen LogP contribution is 2.25. The zero-order valence-corrected chi connectivity index (χ0v) is 43.1. The monoisotopic (exact) mass is 1060 g/mol. The van der Waals surface area contributed by atoms with Crippen LogP contribution in [0.25, 0.3) is 10.9 Å². The number of likely N-dealkylation sites (N-methyl/N-ethyl adjacent to an activating group) is 1. The van der Waals surface area contributed by atoms with Gasteiger partial charge in [-0.3, -0.25) is 52.9 Å². The molecule has 0 aliphatic carbocycles. The number of aromatic nitrogens is 1. The van der Waals surface area contributed by atoms with E-state index < -0.39 is 103 Å². The topological polar surface area (TPSA) is 384 Å². The Labute approximate surface area is 430 Å². The van der Waals surface area contributed by atoms with Crippen LogP contribution < -0.4 is 43.8 Å². The fraction of sp³-hybridized carbons (Fsp3) is 0.578. The molecule has 1 aromatic heterocycles. The van der Waals surface area contributed by atoms with Gasteiger partial charge in [-0.2, -0.15) is 12.6 Å². The third kappa shape index (κ3) is 20.1. The van der Waals surface area contributed by atoms with E-state index in [1.807, 2.05) is 13.8 Å². The van der Waals surface area contributed by atoms with E-state index in [4.69, 9.17) is 22.3 Å². The number of hydrogen-bond donors (Lipinski definition) is 12. The number of aromatic amines is 1. The number of thiol groups is 1.